The van der Waals surface area contributed by atoms with E-state index < -0.39 is 0 Å². The Bertz CT molecular complexity index is 658. The summed E-state index contributed by atoms with van der Waals surface area (Å²) in [6, 6.07) is 0. The summed E-state index contributed by atoms with van der Waals surface area (Å²) in [7, 11) is 0. The second kappa shape index (κ2) is 36.8. The van der Waals surface area contributed by atoms with E-state index in [2.05, 4.69) is 37.6 Å². The second-order valence-electron chi connectivity index (χ2n) is 9.49. The Kier molecular flexibility index (Phi) is 41.2. The maximum atomic E-state index is 11.7. The van der Waals surface area contributed by atoms with Crippen LogP contribution in [0.1, 0.15) is 114 Å². The van der Waals surface area contributed by atoms with Crippen LogP contribution in [0.25, 0.3) is 0 Å². The largest absolute Gasteiger partial charge is 0.358 e. The first-order valence-corrected chi connectivity index (χ1v) is 15.8. The van der Waals surface area contributed by atoms with E-state index in [9.17, 15) is 9.18 Å². The fraction of sp³-hybridized carbons (Fsp3) is 0.639. The van der Waals surface area contributed by atoms with Crippen molar-refractivity contribution < 1.29 is 9.18 Å². The lowest BCUT2D eigenvalue weighted by molar-refractivity contribution is -0.109. The molecular formula is C36H67FN2O. The third kappa shape index (κ3) is 30.3. The lowest BCUT2D eigenvalue weighted by atomic mass is 9.91. The van der Waals surface area contributed by atoms with Gasteiger partial charge in [0.1, 0.15) is 0 Å². The summed E-state index contributed by atoms with van der Waals surface area (Å²) in [4.78, 5) is 9.86. The molecule has 1 amide bonds. The monoisotopic (exact) mass is 563 g/mol. The van der Waals surface area contributed by atoms with E-state index in [1.54, 1.807) is 18.2 Å². The van der Waals surface area contributed by atoms with Gasteiger partial charge in [-0.2, -0.15) is 0 Å². The van der Waals surface area contributed by atoms with Crippen LogP contribution in [0.3, 0.4) is 0 Å². The fourth-order valence-electron chi connectivity index (χ4n) is 4.07. The Morgan fingerprint density at radius 2 is 1.62 bits per heavy atom. The molecule has 2 atom stereocenters. The van der Waals surface area contributed by atoms with Crippen LogP contribution in [-0.4, -0.2) is 26.0 Å². The van der Waals surface area contributed by atoms with Gasteiger partial charge in [0.05, 0.1) is 6.33 Å². The Labute approximate surface area is 250 Å². The molecule has 0 aromatic rings. The highest BCUT2D eigenvalue weighted by Gasteiger charge is 2.50. The van der Waals surface area contributed by atoms with E-state index in [1.165, 1.54) is 64.1 Å². The number of amides is 1. The molecule has 3 nitrogen and oxygen atoms in total. The van der Waals surface area contributed by atoms with Gasteiger partial charge in [-0.05, 0) is 68.2 Å². The van der Waals surface area contributed by atoms with Gasteiger partial charge in [-0.1, -0.05) is 143 Å². The van der Waals surface area contributed by atoms with E-state index in [0.29, 0.717) is 25.7 Å². The maximum Gasteiger partial charge on any atom is 0.207 e. The van der Waals surface area contributed by atoms with Gasteiger partial charge in [0, 0.05) is 6.54 Å². The topological polar surface area (TPSA) is 41.1 Å². The van der Waals surface area contributed by atoms with Gasteiger partial charge in [0.15, 0.2) is 0 Å². The molecule has 2 unspecified atom stereocenters. The maximum absolute atomic E-state index is 11.7. The highest BCUT2D eigenvalue weighted by Crippen LogP contribution is 2.55. The van der Waals surface area contributed by atoms with Crippen molar-refractivity contribution in [1.82, 2.24) is 10.6 Å². The summed E-state index contributed by atoms with van der Waals surface area (Å²) in [6.07, 6.45) is 26.2. The molecule has 3 rings (SSSR count). The standard InChI is InChI=1S/C9H12FNO.C7H13N.C7H14.C7H10.3C2H6/c1-2-3-9(4-6-10)5-7-11-8-12;1-7-2-3-8-5-6(7)4-7;1-7-5-3-2-4-6-7;1-3-5-7-6-4-2;3*1-2/h2-4,6,8H,1,5,7H2,(H,11,12);6,8H,2-5H2,1H3;7H,2-6H2,1H3;3-7H,1H2,2H3;3*1-2H3/b6-4+,9-3+;;;6-4?,7-5-;;;. The number of hydrogen-bond acceptors (Lipinski definition) is 2. The van der Waals surface area contributed by atoms with E-state index in [4.69, 9.17) is 0 Å². The van der Waals surface area contributed by atoms with E-state index in [1.807, 2.05) is 72.8 Å². The Morgan fingerprint density at radius 1 is 1.00 bits per heavy atom. The summed E-state index contributed by atoms with van der Waals surface area (Å²) in [5.41, 5.74) is 1.58. The number of hydrogen-bond donors (Lipinski definition) is 2. The fourth-order valence-corrected chi connectivity index (χ4v) is 4.07. The molecule has 1 saturated heterocycles. The Morgan fingerprint density at radius 3 is 2.00 bits per heavy atom. The summed E-state index contributed by atoms with van der Waals surface area (Å²) in [6.45, 7) is 28.8. The van der Waals surface area contributed by atoms with Crippen LogP contribution in [-0.2, 0) is 4.79 Å². The normalized spacial score (nSPS) is 20.9. The number of carbonyl (C=O) groups is 1. The minimum Gasteiger partial charge on any atom is -0.358 e. The molecule has 0 aromatic carbocycles. The van der Waals surface area contributed by atoms with Gasteiger partial charge >= 0.3 is 0 Å². The van der Waals surface area contributed by atoms with Crippen LogP contribution >= 0.6 is 0 Å². The number of piperidine rings is 1. The van der Waals surface area contributed by atoms with Gasteiger partial charge in [-0.3, -0.25) is 4.79 Å². The zero-order valence-corrected chi connectivity index (χ0v) is 27.9. The molecule has 0 radical (unpaired) electrons. The zero-order valence-electron chi connectivity index (χ0n) is 27.9. The molecule has 1 heterocycles. The van der Waals surface area contributed by atoms with Crippen molar-refractivity contribution in [1.29, 1.82) is 0 Å². The number of allylic oxidation sites excluding steroid dienone is 8. The van der Waals surface area contributed by atoms with Crippen molar-refractivity contribution >= 4 is 6.41 Å². The molecule has 2 N–H and O–H groups in total. The van der Waals surface area contributed by atoms with Crippen molar-refractivity contribution in [3.8, 4) is 0 Å². The molecule has 0 aromatic heterocycles. The third-order valence-corrected chi connectivity index (χ3v) is 6.50. The van der Waals surface area contributed by atoms with E-state index >= 15 is 0 Å². The first-order chi connectivity index (χ1) is 19.5. The lowest BCUT2D eigenvalue weighted by Crippen LogP contribution is -2.27. The molecule has 0 spiro atoms. The lowest BCUT2D eigenvalue weighted by Gasteiger charge is -2.17. The van der Waals surface area contributed by atoms with Crippen molar-refractivity contribution in [2.45, 2.75) is 114 Å². The Hall–Kier alpha value is -2.20. The average Bonchev–Trinajstić information content (AvgIpc) is 3.70. The van der Waals surface area contributed by atoms with Gasteiger partial charge in [-0.15, -0.1) is 0 Å². The zero-order chi connectivity index (χ0) is 31.5. The third-order valence-electron chi connectivity index (χ3n) is 6.50. The molecule has 3 fully saturated rings. The number of fused-ring (bicyclic) bond motifs is 1. The first kappa shape index (κ1) is 44.8. The Balaban J connectivity index is -0.000000206. The average molecular weight is 563 g/mol. The van der Waals surface area contributed by atoms with Crippen LogP contribution in [0.2, 0.25) is 0 Å². The summed E-state index contributed by atoms with van der Waals surface area (Å²) < 4.78 is 11.7. The van der Waals surface area contributed by atoms with Crippen molar-refractivity contribution in [2.75, 3.05) is 19.6 Å². The van der Waals surface area contributed by atoms with Crippen LogP contribution in [0.4, 0.5) is 4.39 Å². The summed E-state index contributed by atoms with van der Waals surface area (Å²) >= 11 is 0. The van der Waals surface area contributed by atoms with Crippen molar-refractivity contribution in [3.63, 3.8) is 0 Å². The summed E-state index contributed by atoms with van der Waals surface area (Å²) in [5, 5.41) is 5.88. The van der Waals surface area contributed by atoms with Gasteiger partial charge in [0.2, 0.25) is 6.41 Å². The number of carbonyl (C=O) groups excluding carboxylic acids is 1. The smallest absolute Gasteiger partial charge is 0.207 e. The molecule has 0 bridgehead atoms. The van der Waals surface area contributed by atoms with Crippen LogP contribution in [0.15, 0.2) is 73.7 Å². The van der Waals surface area contributed by atoms with Crippen LogP contribution in [0, 0.1) is 17.3 Å². The molecule has 3 aliphatic rings. The molecular weight excluding hydrogens is 495 g/mol. The number of halogens is 1. The molecule has 40 heavy (non-hydrogen) atoms. The van der Waals surface area contributed by atoms with Gasteiger partial charge in [-0.25, -0.2) is 4.39 Å². The predicted molar refractivity (Wildman–Crippen MR) is 181 cm³/mol. The minimum absolute atomic E-state index is 0.468. The number of rotatable bonds is 8. The van der Waals surface area contributed by atoms with E-state index in [0.717, 1.165) is 22.8 Å². The quantitative estimate of drug-likeness (QED) is 0.175. The van der Waals surface area contributed by atoms with Gasteiger partial charge < -0.3 is 10.6 Å². The molecule has 4 heteroatoms. The van der Waals surface area contributed by atoms with Gasteiger partial charge in [0.25, 0.3) is 0 Å². The van der Waals surface area contributed by atoms with Crippen molar-refractivity contribution in [2.24, 2.45) is 17.3 Å². The molecule has 234 valence electrons. The molecule has 1 aliphatic heterocycles. The predicted octanol–water partition coefficient (Wildman–Crippen LogP) is 10.7. The highest BCUT2D eigenvalue weighted by atomic mass is 19.1. The van der Waals surface area contributed by atoms with E-state index in [-0.39, 0.29) is 0 Å². The second-order valence-corrected chi connectivity index (χ2v) is 9.49. The minimum atomic E-state index is 0.468. The summed E-state index contributed by atoms with van der Waals surface area (Å²) in [5.74, 6) is 2.07. The van der Waals surface area contributed by atoms with Crippen molar-refractivity contribution in [3.05, 3.63) is 73.7 Å². The molecule has 2 aliphatic carbocycles. The highest BCUT2D eigenvalue weighted by molar-refractivity contribution is 5.45. The van der Waals surface area contributed by atoms with Crippen LogP contribution in [0.5, 0.6) is 0 Å². The first-order valence-electron chi connectivity index (χ1n) is 15.8. The SMILES string of the molecule is C=C/C=C(\C=C\F)CCNC=O.C=C/C=C\C=CC.CC.CC.CC.CC12CCNCC1C2.CC1CCCCC1. The molecule has 2 saturated carbocycles. The number of nitrogens with one attached hydrogen (secondary N) is 2. The van der Waals surface area contributed by atoms with Crippen LogP contribution < -0.4 is 10.6 Å².